The van der Waals surface area contributed by atoms with Gasteiger partial charge in [0, 0.05) is 0 Å². The molecule has 12 nitrogen and oxygen atoms in total. The van der Waals surface area contributed by atoms with Gasteiger partial charge in [-0.2, -0.15) is 4.98 Å². The lowest BCUT2D eigenvalue weighted by molar-refractivity contribution is -0.153. The number of halogens is 1. The van der Waals surface area contributed by atoms with Crippen molar-refractivity contribution in [1.29, 1.82) is 0 Å². The molecule has 0 saturated heterocycles. The predicted molar refractivity (Wildman–Crippen MR) is 99.2 cm³/mol. The van der Waals surface area contributed by atoms with Crippen molar-refractivity contribution in [2.45, 2.75) is 32.7 Å². The van der Waals surface area contributed by atoms with Gasteiger partial charge in [-0.1, -0.05) is 13.8 Å². The Labute approximate surface area is 160 Å². The minimum atomic E-state index is -0.764. The number of nitrogens with zero attached hydrogens (tertiary/aromatic N) is 3. The smallest absolute Gasteiger partial charge is 0.323 e. The molecule has 1 unspecified atom stereocenters. The number of hydrogen-bond donors (Lipinski definition) is 4. The number of rotatable bonds is 8. The zero-order chi connectivity index (χ0) is 18.6. The first-order valence-corrected chi connectivity index (χ1v) is 7.68. The molecule has 0 saturated carbocycles. The van der Waals surface area contributed by atoms with Gasteiger partial charge >= 0.3 is 5.97 Å². The summed E-state index contributed by atoms with van der Waals surface area (Å²) < 4.78 is 12.0. The second-order valence-corrected chi connectivity index (χ2v) is 5.84. The van der Waals surface area contributed by atoms with Gasteiger partial charge in [0.2, 0.25) is 5.95 Å². The number of nitrogen functional groups attached to an aromatic ring is 1. The molecule has 0 aromatic carbocycles. The van der Waals surface area contributed by atoms with E-state index >= 15 is 0 Å². The predicted octanol–water partition coefficient (Wildman–Crippen LogP) is -1.84. The average Bonchev–Trinajstić information content (AvgIpc) is 2.97. The van der Waals surface area contributed by atoms with Gasteiger partial charge in [-0.15, -0.1) is 12.4 Å². The van der Waals surface area contributed by atoms with Crippen LogP contribution in [0.4, 0.5) is 5.95 Å². The van der Waals surface area contributed by atoms with Gasteiger partial charge in [-0.05, 0) is 5.92 Å². The highest BCUT2D eigenvalue weighted by molar-refractivity contribution is 5.85. The number of imidazole rings is 1. The summed E-state index contributed by atoms with van der Waals surface area (Å²) >= 11 is 0. The Morgan fingerprint density at radius 3 is 2.70 bits per heavy atom. The van der Waals surface area contributed by atoms with Gasteiger partial charge in [0.1, 0.15) is 25.5 Å². The van der Waals surface area contributed by atoms with Crippen molar-refractivity contribution >= 4 is 35.5 Å². The van der Waals surface area contributed by atoms with E-state index < -0.39 is 23.7 Å². The Morgan fingerprint density at radius 1 is 1.44 bits per heavy atom. The number of fused-ring (bicyclic) bond motifs is 1. The number of aliphatic hydroxyl groups is 1. The maximum Gasteiger partial charge on any atom is 0.323 e. The molecule has 2 heterocycles. The topological polar surface area (TPSA) is 203 Å². The van der Waals surface area contributed by atoms with Crippen LogP contribution in [0.3, 0.4) is 0 Å². The number of hydrogen-bond acceptors (Lipinski definition) is 9. The van der Waals surface area contributed by atoms with Crippen LogP contribution in [0.1, 0.15) is 13.8 Å². The Kier molecular flexibility index (Phi) is 9.89. The van der Waals surface area contributed by atoms with Crippen molar-refractivity contribution in [3.05, 3.63) is 16.7 Å². The number of ether oxygens (including phenoxy) is 2. The average molecular weight is 409 g/mol. The number of H-pyrrole nitrogens is 1. The minimum absolute atomic E-state index is 0. The van der Waals surface area contributed by atoms with Crippen LogP contribution >= 0.6 is 12.4 Å². The third-order valence-electron chi connectivity index (χ3n) is 3.55. The standard InChI is InChI=1S/C14H22N6O5.ClH.H2O/c1-7(2)9(15)13(23)24-4-8(3-21)25-6-20-5-17-10-11(20)18-14(16)19-12(10)22;;/h5,7-9,21H,3-4,6,15H2,1-2H3,(H3,16,18,19,22);1H;1H2/t8?,9-;;/m0../s1. The van der Waals surface area contributed by atoms with Crippen LogP contribution in [0.5, 0.6) is 0 Å². The monoisotopic (exact) mass is 408 g/mol. The first-order chi connectivity index (χ1) is 11.8. The number of aliphatic hydroxyl groups excluding tert-OH is 1. The number of aromatic amines is 1. The van der Waals surface area contributed by atoms with Gasteiger partial charge in [0.25, 0.3) is 5.56 Å². The number of aromatic nitrogens is 4. The van der Waals surface area contributed by atoms with Gasteiger partial charge in [0.05, 0.1) is 12.9 Å². The summed E-state index contributed by atoms with van der Waals surface area (Å²) in [7, 11) is 0. The van der Waals surface area contributed by atoms with Crippen LogP contribution in [-0.2, 0) is 21.0 Å². The second kappa shape index (κ2) is 10.8. The summed E-state index contributed by atoms with van der Waals surface area (Å²) in [6.07, 6.45) is 0.599. The Balaban J connectivity index is 0.00000338. The molecule has 2 aromatic rings. The number of esters is 1. The molecule has 0 aliphatic carbocycles. The summed E-state index contributed by atoms with van der Waals surface area (Å²) in [5.74, 6) is -0.673. The Morgan fingerprint density at radius 2 is 2.11 bits per heavy atom. The Bertz CT molecular complexity index is 794. The molecular formula is C14H25ClN6O6. The van der Waals surface area contributed by atoms with Gasteiger partial charge < -0.3 is 31.5 Å². The number of nitrogens with one attached hydrogen (secondary N) is 1. The van der Waals surface area contributed by atoms with Gasteiger partial charge in [0.15, 0.2) is 11.2 Å². The van der Waals surface area contributed by atoms with E-state index in [-0.39, 0.29) is 60.9 Å². The van der Waals surface area contributed by atoms with E-state index in [1.165, 1.54) is 10.9 Å². The van der Waals surface area contributed by atoms with Crippen molar-refractivity contribution in [2.24, 2.45) is 11.7 Å². The van der Waals surface area contributed by atoms with Crippen molar-refractivity contribution < 1.29 is 24.9 Å². The molecule has 8 N–H and O–H groups in total. The summed E-state index contributed by atoms with van der Waals surface area (Å²) in [5.41, 5.74) is 11.1. The normalized spacial score (nSPS) is 12.9. The van der Waals surface area contributed by atoms with E-state index in [2.05, 4.69) is 15.0 Å². The van der Waals surface area contributed by atoms with Crippen molar-refractivity contribution in [1.82, 2.24) is 19.5 Å². The molecule has 0 aliphatic heterocycles. The molecule has 2 aromatic heterocycles. The molecule has 154 valence electrons. The van der Waals surface area contributed by atoms with Crippen LogP contribution in [0.15, 0.2) is 11.1 Å². The van der Waals surface area contributed by atoms with Gasteiger partial charge in [-0.3, -0.25) is 19.1 Å². The van der Waals surface area contributed by atoms with Crippen molar-refractivity contribution in [2.75, 3.05) is 18.9 Å². The molecule has 0 radical (unpaired) electrons. The van der Waals surface area contributed by atoms with Crippen LogP contribution in [0.2, 0.25) is 0 Å². The number of anilines is 1. The first-order valence-electron chi connectivity index (χ1n) is 7.68. The lowest BCUT2D eigenvalue weighted by Crippen LogP contribution is -2.39. The van der Waals surface area contributed by atoms with E-state index in [1.807, 2.05) is 0 Å². The number of carbonyl (C=O) groups excluding carboxylic acids is 1. The fourth-order valence-corrected chi connectivity index (χ4v) is 1.95. The number of carbonyl (C=O) groups is 1. The highest BCUT2D eigenvalue weighted by Gasteiger charge is 2.21. The SMILES string of the molecule is CC(C)[C@H](N)C(=O)OCC(CO)OCn1cnc2c(=O)[nH]c(N)nc21.Cl.O. The fraction of sp³-hybridized carbons (Fsp3) is 0.571. The summed E-state index contributed by atoms with van der Waals surface area (Å²) in [4.78, 5) is 33.7. The van der Waals surface area contributed by atoms with E-state index in [0.717, 1.165) is 0 Å². The van der Waals surface area contributed by atoms with Crippen LogP contribution in [0.25, 0.3) is 11.2 Å². The third-order valence-corrected chi connectivity index (χ3v) is 3.55. The summed E-state index contributed by atoms with van der Waals surface area (Å²) in [6, 6.07) is -0.740. The lowest BCUT2D eigenvalue weighted by atomic mass is 10.1. The zero-order valence-corrected chi connectivity index (χ0v) is 15.7. The summed E-state index contributed by atoms with van der Waals surface area (Å²) in [6.45, 7) is 3.02. The Hall–Kier alpha value is -2.25. The molecule has 27 heavy (non-hydrogen) atoms. The highest BCUT2D eigenvalue weighted by Crippen LogP contribution is 2.08. The maximum absolute atomic E-state index is 11.7. The maximum atomic E-state index is 11.7. The van der Waals surface area contributed by atoms with E-state index in [0.29, 0.717) is 0 Å². The highest BCUT2D eigenvalue weighted by atomic mass is 35.5. The van der Waals surface area contributed by atoms with E-state index in [9.17, 15) is 14.7 Å². The summed E-state index contributed by atoms with van der Waals surface area (Å²) in [5, 5.41) is 9.35. The zero-order valence-electron chi connectivity index (χ0n) is 14.9. The molecule has 0 fully saturated rings. The molecule has 0 amide bonds. The van der Waals surface area contributed by atoms with Crippen LogP contribution < -0.4 is 17.0 Å². The van der Waals surface area contributed by atoms with Crippen LogP contribution in [0, 0.1) is 5.92 Å². The van der Waals surface area contributed by atoms with Crippen LogP contribution in [-0.4, -0.2) is 61.4 Å². The van der Waals surface area contributed by atoms with E-state index in [1.54, 1.807) is 13.8 Å². The number of nitrogens with two attached hydrogens (primary N) is 2. The van der Waals surface area contributed by atoms with E-state index in [4.69, 9.17) is 20.9 Å². The van der Waals surface area contributed by atoms with Crippen molar-refractivity contribution in [3.8, 4) is 0 Å². The molecule has 13 heteroatoms. The molecule has 2 atom stereocenters. The third kappa shape index (κ3) is 6.15. The first kappa shape index (κ1) is 24.8. The molecule has 0 bridgehead atoms. The largest absolute Gasteiger partial charge is 0.462 e. The molecular weight excluding hydrogens is 384 g/mol. The molecule has 0 aliphatic rings. The van der Waals surface area contributed by atoms with Gasteiger partial charge in [-0.25, -0.2) is 4.98 Å². The molecule has 0 spiro atoms. The quantitative estimate of drug-likeness (QED) is 0.361. The fourth-order valence-electron chi connectivity index (χ4n) is 1.95. The second-order valence-electron chi connectivity index (χ2n) is 5.84. The molecule has 2 rings (SSSR count). The lowest BCUT2D eigenvalue weighted by Gasteiger charge is -2.19. The van der Waals surface area contributed by atoms with Crippen molar-refractivity contribution in [3.63, 3.8) is 0 Å². The minimum Gasteiger partial charge on any atom is -0.462 e.